The number of nitrogens with two attached hydrogens (primary N) is 1. The van der Waals surface area contributed by atoms with Gasteiger partial charge in [-0.2, -0.15) is 0 Å². The fourth-order valence-electron chi connectivity index (χ4n) is 4.28. The topological polar surface area (TPSA) is 62.4 Å². The summed E-state index contributed by atoms with van der Waals surface area (Å²) in [6, 6.07) is 19.2. The zero-order chi connectivity index (χ0) is 19.9. The molecule has 0 bridgehead atoms. The Bertz CT molecular complexity index is 919. The van der Waals surface area contributed by atoms with Crippen LogP contribution < -0.4 is 16.4 Å². The van der Waals surface area contributed by atoms with Gasteiger partial charge in [0.1, 0.15) is 5.84 Å². The molecule has 4 N–H and O–H groups in total. The Labute approximate surface area is 168 Å². The number of rotatable bonds is 2. The third-order valence-corrected chi connectivity index (χ3v) is 5.92. The van der Waals surface area contributed by atoms with Crippen molar-refractivity contribution in [2.45, 2.75) is 50.7 Å². The maximum atomic E-state index is 6.86. The van der Waals surface area contributed by atoms with Gasteiger partial charge in [0.05, 0.1) is 0 Å². The van der Waals surface area contributed by atoms with Crippen LogP contribution in [-0.2, 0) is 11.2 Å². The summed E-state index contributed by atoms with van der Waals surface area (Å²) >= 11 is 0. The van der Waals surface area contributed by atoms with Crippen LogP contribution in [0.25, 0.3) is 0 Å². The lowest BCUT2D eigenvalue weighted by atomic mass is 9.86. The van der Waals surface area contributed by atoms with E-state index in [1.165, 1.54) is 22.4 Å². The van der Waals surface area contributed by atoms with Crippen molar-refractivity contribution in [1.29, 1.82) is 0 Å². The minimum atomic E-state index is -0.874. The van der Waals surface area contributed by atoms with Crippen molar-refractivity contribution in [3.63, 3.8) is 0 Å². The number of benzene rings is 2. The molecule has 1 aliphatic carbocycles. The normalized spacial score (nSPS) is 26.0. The predicted octanol–water partition coefficient (Wildman–Crippen LogP) is 4.11. The highest BCUT2D eigenvalue weighted by molar-refractivity contribution is 6.01. The number of nitrogens with one attached hydrogen (secondary N) is 2. The van der Waals surface area contributed by atoms with Crippen LogP contribution in [0.4, 0.5) is 0 Å². The first-order valence-electron chi connectivity index (χ1n) is 10.0. The van der Waals surface area contributed by atoms with Crippen LogP contribution in [0.3, 0.4) is 0 Å². The highest BCUT2D eigenvalue weighted by Gasteiger charge is 2.41. The molecule has 146 valence electrons. The van der Waals surface area contributed by atoms with Crippen LogP contribution in [0.5, 0.6) is 0 Å². The lowest BCUT2D eigenvalue weighted by Gasteiger charge is -2.40. The average Bonchev–Trinajstić information content (AvgIpc) is 3.11. The number of nitrogens with zero attached hydrogens (tertiary/aromatic N) is 1. The van der Waals surface area contributed by atoms with E-state index in [0.29, 0.717) is 5.92 Å². The van der Waals surface area contributed by atoms with Crippen molar-refractivity contribution in [3.8, 4) is 0 Å². The van der Waals surface area contributed by atoms with Gasteiger partial charge < -0.3 is 10.6 Å². The second-order valence-corrected chi connectivity index (χ2v) is 8.85. The molecular weight excluding hydrogens is 344 g/mol. The summed E-state index contributed by atoms with van der Waals surface area (Å²) in [5, 5.41) is 7.10. The largest absolute Gasteiger partial charge is 0.349 e. The lowest BCUT2D eigenvalue weighted by molar-refractivity contribution is 0.331. The third-order valence-electron chi connectivity index (χ3n) is 5.92. The summed E-state index contributed by atoms with van der Waals surface area (Å²) in [5.41, 5.74) is 13.1. The van der Waals surface area contributed by atoms with Crippen molar-refractivity contribution in [3.05, 3.63) is 82.6 Å². The lowest BCUT2D eigenvalue weighted by Crippen LogP contribution is -2.65. The smallest absolute Gasteiger partial charge is 0.190 e. The van der Waals surface area contributed by atoms with E-state index >= 15 is 0 Å². The Balaban J connectivity index is 1.71. The molecular formula is C24H30N4. The van der Waals surface area contributed by atoms with Crippen molar-refractivity contribution in [1.82, 2.24) is 10.6 Å². The van der Waals surface area contributed by atoms with Crippen molar-refractivity contribution in [2.24, 2.45) is 10.7 Å². The van der Waals surface area contributed by atoms with Crippen LogP contribution in [0.1, 0.15) is 56.2 Å². The Morgan fingerprint density at radius 1 is 1.00 bits per heavy atom. The number of hydrogen-bond donors (Lipinski definition) is 3. The molecule has 2 aliphatic rings. The van der Waals surface area contributed by atoms with Crippen molar-refractivity contribution in [2.75, 3.05) is 7.05 Å². The van der Waals surface area contributed by atoms with Gasteiger partial charge >= 0.3 is 0 Å². The molecule has 0 radical (unpaired) electrons. The van der Waals surface area contributed by atoms with Gasteiger partial charge in [0.25, 0.3) is 0 Å². The molecule has 0 fully saturated rings. The number of aliphatic imine (C=N–C) groups is 1. The molecule has 0 amide bonds. The van der Waals surface area contributed by atoms with Crippen molar-refractivity contribution < 1.29 is 0 Å². The maximum Gasteiger partial charge on any atom is 0.190 e. The van der Waals surface area contributed by atoms with Gasteiger partial charge in [-0.15, -0.1) is 0 Å². The molecule has 28 heavy (non-hydrogen) atoms. The fourth-order valence-corrected chi connectivity index (χ4v) is 4.28. The first-order valence-corrected chi connectivity index (χ1v) is 10.0. The van der Waals surface area contributed by atoms with Crippen LogP contribution in [0, 0.1) is 0 Å². The molecule has 4 nitrogen and oxygen atoms in total. The van der Waals surface area contributed by atoms with Gasteiger partial charge in [-0.3, -0.25) is 10.7 Å². The Morgan fingerprint density at radius 3 is 2.29 bits per heavy atom. The first-order chi connectivity index (χ1) is 13.3. The van der Waals surface area contributed by atoms with Gasteiger partial charge in [0.15, 0.2) is 5.79 Å². The van der Waals surface area contributed by atoms with Crippen LogP contribution in [-0.4, -0.2) is 12.9 Å². The molecule has 4 rings (SSSR count). The van der Waals surface area contributed by atoms with E-state index in [4.69, 9.17) is 5.73 Å². The van der Waals surface area contributed by atoms with Gasteiger partial charge in [0, 0.05) is 29.8 Å². The molecule has 1 aliphatic heterocycles. The standard InChI is InChI=1S/C24H30N4/c1-23(2,3)17-10-12-18(13-11-17)24(25)27-21-19(16-8-6-5-7-9-16)14-15-20(21)22(26-4)28-24/h5-13,19,27H,14-15,25H2,1-4H3,(H,26,28). The number of hydrogen-bond acceptors (Lipinski definition) is 3. The number of amidine groups is 1. The summed E-state index contributed by atoms with van der Waals surface area (Å²) in [4.78, 5) is 4.52. The Kier molecular flexibility index (Phi) is 4.54. The molecule has 0 saturated heterocycles. The zero-order valence-corrected chi connectivity index (χ0v) is 17.2. The third kappa shape index (κ3) is 3.22. The molecule has 4 heteroatoms. The van der Waals surface area contributed by atoms with Gasteiger partial charge in [0.2, 0.25) is 0 Å². The van der Waals surface area contributed by atoms with Gasteiger partial charge in [-0.1, -0.05) is 75.4 Å². The highest BCUT2D eigenvalue weighted by atomic mass is 15.3. The maximum absolute atomic E-state index is 6.86. The van der Waals surface area contributed by atoms with Crippen LogP contribution in [0.2, 0.25) is 0 Å². The van der Waals surface area contributed by atoms with Crippen LogP contribution >= 0.6 is 0 Å². The summed E-state index contributed by atoms with van der Waals surface area (Å²) < 4.78 is 0. The van der Waals surface area contributed by atoms with E-state index in [1.807, 2.05) is 7.05 Å². The predicted molar refractivity (Wildman–Crippen MR) is 116 cm³/mol. The van der Waals surface area contributed by atoms with E-state index < -0.39 is 5.79 Å². The molecule has 0 saturated carbocycles. The van der Waals surface area contributed by atoms with Crippen molar-refractivity contribution >= 4 is 5.84 Å². The highest BCUT2D eigenvalue weighted by Crippen LogP contribution is 2.41. The number of allylic oxidation sites excluding steroid dienone is 1. The molecule has 1 heterocycles. The summed E-state index contributed by atoms with van der Waals surface area (Å²) in [6.45, 7) is 6.66. The second kappa shape index (κ2) is 6.78. The van der Waals surface area contributed by atoms with E-state index in [2.05, 4.69) is 91.0 Å². The average molecular weight is 375 g/mol. The summed E-state index contributed by atoms with van der Waals surface area (Å²) in [7, 11) is 1.83. The SMILES string of the molecule is CN=C1NC(N)(c2ccc(C(C)(C)C)cc2)NC2=C1CCC2c1ccccc1. The molecule has 0 aromatic heterocycles. The monoisotopic (exact) mass is 374 g/mol. The Morgan fingerprint density at radius 2 is 1.68 bits per heavy atom. The van der Waals surface area contributed by atoms with E-state index in [0.717, 1.165) is 24.2 Å². The molecule has 2 aromatic carbocycles. The van der Waals surface area contributed by atoms with Crippen LogP contribution in [0.15, 0.2) is 70.9 Å². The van der Waals surface area contributed by atoms with E-state index in [1.54, 1.807) is 0 Å². The zero-order valence-electron chi connectivity index (χ0n) is 17.2. The fraction of sp³-hybridized carbons (Fsp3) is 0.375. The molecule has 0 spiro atoms. The second-order valence-electron chi connectivity index (χ2n) is 8.85. The van der Waals surface area contributed by atoms with E-state index in [9.17, 15) is 0 Å². The Hall–Kier alpha value is -2.59. The summed E-state index contributed by atoms with van der Waals surface area (Å²) in [5.74, 6) is 0.350. The minimum Gasteiger partial charge on any atom is -0.349 e. The minimum absolute atomic E-state index is 0.114. The quantitative estimate of drug-likeness (QED) is 0.741. The van der Waals surface area contributed by atoms with Gasteiger partial charge in [-0.05, 0) is 29.4 Å². The molecule has 2 atom stereocenters. The molecule has 2 unspecified atom stereocenters. The van der Waals surface area contributed by atoms with E-state index in [-0.39, 0.29) is 5.41 Å². The molecule has 2 aromatic rings. The van der Waals surface area contributed by atoms with Gasteiger partial charge in [-0.25, -0.2) is 0 Å². The summed E-state index contributed by atoms with van der Waals surface area (Å²) in [6.07, 6.45) is 2.07. The first kappa shape index (κ1) is 18.8.